The van der Waals surface area contributed by atoms with Gasteiger partial charge in [0.15, 0.2) is 0 Å². The predicted octanol–water partition coefficient (Wildman–Crippen LogP) is 3.43. The summed E-state index contributed by atoms with van der Waals surface area (Å²) >= 11 is 6.14. The molecule has 15 heavy (non-hydrogen) atoms. The average molecular weight is 225 g/mol. The Morgan fingerprint density at radius 2 is 2.07 bits per heavy atom. The fraction of sp³-hybridized carbons (Fsp3) is 0.385. The predicted molar refractivity (Wildman–Crippen MR) is 65.4 cm³/mol. The first-order valence-electron chi connectivity index (χ1n) is 5.08. The molecule has 0 aliphatic heterocycles. The second-order valence-electron chi connectivity index (χ2n) is 3.76. The van der Waals surface area contributed by atoms with Crippen LogP contribution in [0, 0.1) is 0 Å². The van der Waals surface area contributed by atoms with Crippen molar-refractivity contribution in [3.8, 4) is 0 Å². The van der Waals surface area contributed by atoms with Crippen LogP contribution >= 0.6 is 11.6 Å². The van der Waals surface area contributed by atoms with E-state index in [0.717, 1.165) is 12.0 Å². The topological polar surface area (TPSA) is 9.23 Å². The Morgan fingerprint density at radius 3 is 2.67 bits per heavy atom. The third-order valence-electron chi connectivity index (χ3n) is 1.95. The highest BCUT2D eigenvalue weighted by molar-refractivity contribution is 6.20. The summed E-state index contributed by atoms with van der Waals surface area (Å²) < 4.78 is 5.40. The Labute approximate surface area is 96.7 Å². The van der Waals surface area contributed by atoms with Crippen molar-refractivity contribution in [3.05, 3.63) is 48.0 Å². The lowest BCUT2D eigenvalue weighted by atomic mass is 10.1. The number of hydrogen-bond acceptors (Lipinski definition) is 1. The van der Waals surface area contributed by atoms with Gasteiger partial charge in [0.2, 0.25) is 0 Å². The molecule has 0 aliphatic rings. The second kappa shape index (κ2) is 6.65. The lowest BCUT2D eigenvalue weighted by Gasteiger charge is -2.10. The maximum Gasteiger partial charge on any atom is 0.0672 e. The van der Waals surface area contributed by atoms with E-state index in [0.29, 0.717) is 13.2 Å². The summed E-state index contributed by atoms with van der Waals surface area (Å²) in [6.45, 7) is 6.88. The van der Waals surface area contributed by atoms with Gasteiger partial charge >= 0.3 is 0 Å². The van der Waals surface area contributed by atoms with Crippen molar-refractivity contribution in [1.29, 1.82) is 0 Å². The van der Waals surface area contributed by atoms with E-state index in [4.69, 9.17) is 16.3 Å². The van der Waals surface area contributed by atoms with E-state index in [1.807, 2.05) is 25.1 Å². The zero-order chi connectivity index (χ0) is 11.1. The molecule has 0 spiro atoms. The highest BCUT2D eigenvalue weighted by Crippen LogP contribution is 2.08. The molecule has 0 aromatic heterocycles. The van der Waals surface area contributed by atoms with E-state index in [1.54, 1.807) is 0 Å². The van der Waals surface area contributed by atoms with Crippen LogP contribution in [-0.2, 0) is 11.2 Å². The van der Waals surface area contributed by atoms with Crippen molar-refractivity contribution in [1.82, 2.24) is 0 Å². The van der Waals surface area contributed by atoms with Crippen molar-refractivity contribution in [2.75, 3.05) is 13.2 Å². The molecule has 1 unspecified atom stereocenters. The first kappa shape index (κ1) is 12.3. The Balaban J connectivity index is 2.24. The van der Waals surface area contributed by atoms with Crippen LogP contribution in [0.2, 0.25) is 0 Å². The lowest BCUT2D eigenvalue weighted by molar-refractivity contribution is 0.156. The summed E-state index contributed by atoms with van der Waals surface area (Å²) in [5, 5.41) is 0.0340. The largest absolute Gasteiger partial charge is 0.376 e. The molecular formula is C13H17ClO. The zero-order valence-corrected chi connectivity index (χ0v) is 9.83. The number of benzene rings is 1. The molecule has 0 fully saturated rings. The van der Waals surface area contributed by atoms with Gasteiger partial charge in [0, 0.05) is 0 Å². The Morgan fingerprint density at radius 1 is 1.40 bits per heavy atom. The highest BCUT2D eigenvalue weighted by atomic mass is 35.5. The third-order valence-corrected chi connectivity index (χ3v) is 2.23. The Bertz CT molecular complexity index is 295. The first-order chi connectivity index (χ1) is 7.18. The molecule has 1 aromatic rings. The molecule has 1 aromatic carbocycles. The molecule has 82 valence electrons. The highest BCUT2D eigenvalue weighted by Gasteiger charge is 2.05. The number of halogens is 1. The van der Waals surface area contributed by atoms with Crippen LogP contribution in [0.25, 0.3) is 0 Å². The van der Waals surface area contributed by atoms with Gasteiger partial charge in [-0.25, -0.2) is 0 Å². The van der Waals surface area contributed by atoms with Gasteiger partial charge in [-0.15, -0.1) is 11.6 Å². The summed E-state index contributed by atoms with van der Waals surface area (Å²) in [4.78, 5) is 0. The van der Waals surface area contributed by atoms with Crippen molar-refractivity contribution in [3.63, 3.8) is 0 Å². The van der Waals surface area contributed by atoms with Crippen molar-refractivity contribution in [2.24, 2.45) is 0 Å². The van der Waals surface area contributed by atoms with Gasteiger partial charge in [-0.1, -0.05) is 42.5 Å². The minimum absolute atomic E-state index is 0.0340. The SMILES string of the molecule is C=C(C)COCC(Cl)Cc1ccccc1. The molecule has 0 amide bonds. The quantitative estimate of drug-likeness (QED) is 0.532. The van der Waals surface area contributed by atoms with E-state index in [2.05, 4.69) is 18.7 Å². The molecule has 1 atom stereocenters. The van der Waals surface area contributed by atoms with Crippen LogP contribution in [0.3, 0.4) is 0 Å². The molecule has 0 radical (unpaired) electrons. The number of rotatable bonds is 6. The molecule has 0 bridgehead atoms. The zero-order valence-electron chi connectivity index (χ0n) is 9.08. The standard InChI is InChI=1S/C13H17ClO/c1-11(2)9-15-10-13(14)8-12-6-4-3-5-7-12/h3-7,13H,1,8-10H2,2H3. The fourth-order valence-corrected chi connectivity index (χ4v) is 1.56. The number of ether oxygens (including phenoxy) is 1. The van der Waals surface area contributed by atoms with Gasteiger partial charge < -0.3 is 4.74 Å². The summed E-state index contributed by atoms with van der Waals surface area (Å²) in [5.74, 6) is 0. The molecule has 1 rings (SSSR count). The van der Waals surface area contributed by atoms with E-state index in [-0.39, 0.29) is 5.38 Å². The summed E-state index contributed by atoms with van der Waals surface area (Å²) in [6.07, 6.45) is 0.846. The minimum Gasteiger partial charge on any atom is -0.376 e. The number of alkyl halides is 1. The average Bonchev–Trinajstić information content (AvgIpc) is 2.18. The molecule has 0 aliphatic carbocycles. The van der Waals surface area contributed by atoms with Crippen LogP contribution < -0.4 is 0 Å². The molecule has 1 nitrogen and oxygen atoms in total. The van der Waals surface area contributed by atoms with Gasteiger partial charge in [-0.3, -0.25) is 0 Å². The van der Waals surface area contributed by atoms with Gasteiger partial charge in [0.1, 0.15) is 0 Å². The van der Waals surface area contributed by atoms with E-state index < -0.39 is 0 Å². The van der Waals surface area contributed by atoms with E-state index in [9.17, 15) is 0 Å². The lowest BCUT2D eigenvalue weighted by Crippen LogP contribution is -2.13. The maximum absolute atomic E-state index is 6.14. The molecule has 0 saturated heterocycles. The Hall–Kier alpha value is -0.790. The molecule has 0 saturated carbocycles. The van der Waals surface area contributed by atoms with Crippen molar-refractivity contribution in [2.45, 2.75) is 18.7 Å². The van der Waals surface area contributed by atoms with Crippen LogP contribution in [0.1, 0.15) is 12.5 Å². The second-order valence-corrected chi connectivity index (χ2v) is 4.38. The van der Waals surface area contributed by atoms with Gasteiger partial charge in [0.05, 0.1) is 18.6 Å². The van der Waals surface area contributed by atoms with Crippen molar-refractivity contribution >= 4 is 11.6 Å². The molecular weight excluding hydrogens is 208 g/mol. The number of hydrogen-bond donors (Lipinski definition) is 0. The molecule has 0 heterocycles. The first-order valence-corrected chi connectivity index (χ1v) is 5.52. The van der Waals surface area contributed by atoms with Gasteiger partial charge in [-0.05, 0) is 18.9 Å². The van der Waals surface area contributed by atoms with E-state index >= 15 is 0 Å². The minimum atomic E-state index is 0.0340. The summed E-state index contributed by atoms with van der Waals surface area (Å²) in [5.41, 5.74) is 2.27. The van der Waals surface area contributed by atoms with Gasteiger partial charge in [0.25, 0.3) is 0 Å². The van der Waals surface area contributed by atoms with E-state index in [1.165, 1.54) is 5.56 Å². The normalized spacial score (nSPS) is 12.4. The maximum atomic E-state index is 6.14. The van der Waals surface area contributed by atoms with Gasteiger partial charge in [-0.2, -0.15) is 0 Å². The van der Waals surface area contributed by atoms with Crippen molar-refractivity contribution < 1.29 is 4.74 Å². The Kier molecular flexibility index (Phi) is 5.44. The molecule has 0 N–H and O–H groups in total. The monoisotopic (exact) mass is 224 g/mol. The molecule has 2 heteroatoms. The smallest absolute Gasteiger partial charge is 0.0672 e. The van der Waals surface area contributed by atoms with Crippen LogP contribution in [0.4, 0.5) is 0 Å². The third kappa shape index (κ3) is 5.60. The van der Waals surface area contributed by atoms with Crippen LogP contribution in [0.5, 0.6) is 0 Å². The van der Waals surface area contributed by atoms with Crippen LogP contribution in [0.15, 0.2) is 42.5 Å². The fourth-order valence-electron chi connectivity index (χ4n) is 1.29. The summed E-state index contributed by atoms with van der Waals surface area (Å²) in [7, 11) is 0. The summed E-state index contributed by atoms with van der Waals surface area (Å²) in [6, 6.07) is 10.2. The van der Waals surface area contributed by atoms with Crippen LogP contribution in [-0.4, -0.2) is 18.6 Å².